The zero-order chi connectivity index (χ0) is 14.4. The van der Waals surface area contributed by atoms with Crippen LogP contribution in [0.25, 0.3) is 0 Å². The van der Waals surface area contributed by atoms with Gasteiger partial charge < -0.3 is 10.2 Å². The predicted molar refractivity (Wildman–Crippen MR) is 89.5 cm³/mol. The van der Waals surface area contributed by atoms with E-state index in [1.54, 1.807) is 0 Å². The van der Waals surface area contributed by atoms with Crippen LogP contribution in [0.15, 0.2) is 29.2 Å². The standard InChI is InChI=1S/C17H28N2S/c1-4-19(5-2)12-8-9-14(3)18-16-13-20-17-11-7-6-10-15(16)17/h6-7,10-11,14,16,18H,4-5,8-9,12-13H2,1-3H3. The van der Waals surface area contributed by atoms with Crippen LogP contribution in [-0.2, 0) is 0 Å². The third kappa shape index (κ3) is 4.24. The van der Waals surface area contributed by atoms with E-state index in [1.165, 1.54) is 48.7 Å². The van der Waals surface area contributed by atoms with Gasteiger partial charge >= 0.3 is 0 Å². The average Bonchev–Trinajstić information content (AvgIpc) is 2.87. The molecule has 1 aliphatic rings. The third-order valence-corrected chi connectivity index (χ3v) is 5.37. The molecule has 20 heavy (non-hydrogen) atoms. The first-order valence-corrected chi connectivity index (χ1v) is 8.93. The van der Waals surface area contributed by atoms with Gasteiger partial charge in [-0.05, 0) is 51.0 Å². The number of fused-ring (bicyclic) bond motifs is 1. The fourth-order valence-electron chi connectivity index (χ4n) is 2.89. The molecule has 1 aromatic carbocycles. The van der Waals surface area contributed by atoms with Crippen molar-refractivity contribution < 1.29 is 0 Å². The molecule has 0 saturated carbocycles. The van der Waals surface area contributed by atoms with Crippen molar-refractivity contribution >= 4 is 11.8 Å². The smallest absolute Gasteiger partial charge is 0.0428 e. The lowest BCUT2D eigenvalue weighted by molar-refractivity contribution is 0.289. The molecule has 0 spiro atoms. The van der Waals surface area contributed by atoms with Crippen LogP contribution >= 0.6 is 11.8 Å². The molecule has 0 saturated heterocycles. The molecule has 112 valence electrons. The van der Waals surface area contributed by atoms with E-state index in [0.717, 1.165) is 0 Å². The average molecular weight is 292 g/mol. The summed E-state index contributed by atoms with van der Waals surface area (Å²) in [5, 5.41) is 3.81. The van der Waals surface area contributed by atoms with Crippen molar-refractivity contribution in [3.05, 3.63) is 29.8 Å². The van der Waals surface area contributed by atoms with Crippen LogP contribution in [0.5, 0.6) is 0 Å². The van der Waals surface area contributed by atoms with Gasteiger partial charge in [0.1, 0.15) is 0 Å². The molecule has 1 aromatic rings. The highest BCUT2D eigenvalue weighted by Crippen LogP contribution is 2.37. The monoisotopic (exact) mass is 292 g/mol. The minimum atomic E-state index is 0.541. The Bertz CT molecular complexity index is 404. The number of benzene rings is 1. The Morgan fingerprint density at radius 3 is 2.80 bits per heavy atom. The lowest BCUT2D eigenvalue weighted by Crippen LogP contribution is -2.32. The van der Waals surface area contributed by atoms with E-state index in [9.17, 15) is 0 Å². The number of hydrogen-bond donors (Lipinski definition) is 1. The minimum absolute atomic E-state index is 0.541. The fourth-order valence-corrected chi connectivity index (χ4v) is 4.06. The van der Waals surface area contributed by atoms with Gasteiger partial charge in [-0.25, -0.2) is 0 Å². The Morgan fingerprint density at radius 2 is 2.05 bits per heavy atom. The van der Waals surface area contributed by atoms with E-state index < -0.39 is 0 Å². The summed E-state index contributed by atoms with van der Waals surface area (Å²) >= 11 is 1.98. The lowest BCUT2D eigenvalue weighted by atomic mass is 10.1. The second-order valence-corrected chi connectivity index (χ2v) is 6.70. The van der Waals surface area contributed by atoms with E-state index in [2.05, 4.69) is 55.3 Å². The van der Waals surface area contributed by atoms with E-state index in [4.69, 9.17) is 0 Å². The first-order valence-electron chi connectivity index (χ1n) is 7.94. The van der Waals surface area contributed by atoms with Gasteiger partial charge in [0.2, 0.25) is 0 Å². The van der Waals surface area contributed by atoms with E-state index in [1.807, 2.05) is 11.8 Å². The Kier molecular flexibility index (Phi) is 6.40. The first kappa shape index (κ1) is 15.9. The number of nitrogens with one attached hydrogen (secondary N) is 1. The molecule has 0 aromatic heterocycles. The SMILES string of the molecule is CCN(CC)CCCC(C)NC1CSc2ccccc21. The summed E-state index contributed by atoms with van der Waals surface area (Å²) in [6, 6.07) is 9.95. The molecule has 2 nitrogen and oxygen atoms in total. The third-order valence-electron chi connectivity index (χ3n) is 4.19. The number of hydrogen-bond acceptors (Lipinski definition) is 3. The topological polar surface area (TPSA) is 15.3 Å². The van der Waals surface area contributed by atoms with Crippen molar-refractivity contribution in [2.75, 3.05) is 25.4 Å². The zero-order valence-electron chi connectivity index (χ0n) is 13.1. The van der Waals surface area contributed by atoms with Crippen LogP contribution in [-0.4, -0.2) is 36.3 Å². The molecule has 1 heterocycles. The first-order chi connectivity index (χ1) is 9.74. The quantitative estimate of drug-likeness (QED) is 0.781. The van der Waals surface area contributed by atoms with Gasteiger partial charge in [0.25, 0.3) is 0 Å². The predicted octanol–water partition coefficient (Wildman–Crippen LogP) is 3.93. The summed E-state index contributed by atoms with van der Waals surface area (Å²) in [5.41, 5.74) is 1.49. The van der Waals surface area contributed by atoms with Crippen molar-refractivity contribution in [2.24, 2.45) is 0 Å². The van der Waals surface area contributed by atoms with Crippen LogP contribution in [0.1, 0.15) is 45.2 Å². The van der Waals surface area contributed by atoms with Crippen LogP contribution in [0, 0.1) is 0 Å². The molecule has 2 rings (SSSR count). The molecular weight excluding hydrogens is 264 g/mol. The Balaban J connectivity index is 1.74. The molecule has 2 atom stereocenters. The van der Waals surface area contributed by atoms with E-state index >= 15 is 0 Å². The molecule has 0 radical (unpaired) electrons. The molecule has 0 bridgehead atoms. The number of nitrogens with zero attached hydrogens (tertiary/aromatic N) is 1. The molecule has 1 aliphatic heterocycles. The molecule has 1 N–H and O–H groups in total. The summed E-state index contributed by atoms with van der Waals surface area (Å²) in [5.74, 6) is 1.18. The lowest BCUT2D eigenvalue weighted by Gasteiger charge is -2.22. The Labute approximate surface area is 128 Å². The summed E-state index contributed by atoms with van der Waals surface area (Å²) < 4.78 is 0. The largest absolute Gasteiger partial charge is 0.307 e. The second kappa shape index (κ2) is 8.06. The summed E-state index contributed by atoms with van der Waals surface area (Å²) in [7, 11) is 0. The molecular formula is C17H28N2S. The normalized spacial score (nSPS) is 19.3. The van der Waals surface area contributed by atoms with Crippen molar-refractivity contribution in [2.45, 2.75) is 50.6 Å². The number of thioether (sulfide) groups is 1. The molecule has 0 fully saturated rings. The van der Waals surface area contributed by atoms with Gasteiger partial charge in [-0.2, -0.15) is 0 Å². The van der Waals surface area contributed by atoms with Crippen LogP contribution < -0.4 is 5.32 Å². The highest BCUT2D eigenvalue weighted by molar-refractivity contribution is 7.99. The van der Waals surface area contributed by atoms with Gasteiger partial charge in [0.05, 0.1) is 0 Å². The van der Waals surface area contributed by atoms with Crippen molar-refractivity contribution in [3.63, 3.8) is 0 Å². The molecule has 2 unspecified atom stereocenters. The molecule has 0 aliphatic carbocycles. The van der Waals surface area contributed by atoms with Crippen molar-refractivity contribution in [1.82, 2.24) is 10.2 Å². The highest BCUT2D eigenvalue weighted by atomic mass is 32.2. The molecule has 0 amide bonds. The maximum absolute atomic E-state index is 3.81. The minimum Gasteiger partial charge on any atom is -0.307 e. The number of rotatable bonds is 8. The second-order valence-electron chi connectivity index (χ2n) is 5.64. The summed E-state index contributed by atoms with van der Waals surface area (Å²) in [4.78, 5) is 3.97. The van der Waals surface area contributed by atoms with Gasteiger partial charge in [-0.1, -0.05) is 32.0 Å². The summed E-state index contributed by atoms with van der Waals surface area (Å²) in [6.07, 6.45) is 2.55. The van der Waals surface area contributed by atoms with Crippen LogP contribution in [0.4, 0.5) is 0 Å². The van der Waals surface area contributed by atoms with Gasteiger partial charge in [-0.3, -0.25) is 0 Å². The maximum Gasteiger partial charge on any atom is 0.0428 e. The van der Waals surface area contributed by atoms with Gasteiger partial charge in [0.15, 0.2) is 0 Å². The Hall–Kier alpha value is -0.510. The van der Waals surface area contributed by atoms with E-state index in [0.29, 0.717) is 12.1 Å². The van der Waals surface area contributed by atoms with Crippen LogP contribution in [0.3, 0.4) is 0 Å². The van der Waals surface area contributed by atoms with Gasteiger partial charge in [-0.15, -0.1) is 11.8 Å². The van der Waals surface area contributed by atoms with Gasteiger partial charge in [0, 0.05) is 22.7 Å². The maximum atomic E-state index is 3.81. The van der Waals surface area contributed by atoms with Crippen molar-refractivity contribution in [1.29, 1.82) is 0 Å². The fraction of sp³-hybridized carbons (Fsp3) is 0.647. The Morgan fingerprint density at radius 1 is 1.30 bits per heavy atom. The van der Waals surface area contributed by atoms with Crippen LogP contribution in [0.2, 0.25) is 0 Å². The van der Waals surface area contributed by atoms with E-state index in [-0.39, 0.29) is 0 Å². The van der Waals surface area contributed by atoms with Crippen molar-refractivity contribution in [3.8, 4) is 0 Å². The highest BCUT2D eigenvalue weighted by Gasteiger charge is 2.23. The summed E-state index contributed by atoms with van der Waals surface area (Å²) in [6.45, 7) is 10.4. The zero-order valence-corrected chi connectivity index (χ0v) is 13.9. The molecule has 3 heteroatoms.